The highest BCUT2D eigenvalue weighted by Crippen LogP contribution is 2.35. The maximum absolute atomic E-state index is 12.8. The lowest BCUT2D eigenvalue weighted by Gasteiger charge is -2.22. The number of rotatable bonds is 4. The zero-order valence-electron chi connectivity index (χ0n) is 14.8. The van der Waals surface area contributed by atoms with Gasteiger partial charge in [0.25, 0.3) is 5.91 Å². The third kappa shape index (κ3) is 4.04. The first-order valence-corrected chi connectivity index (χ1v) is 9.52. The molecule has 2 aromatic rings. The van der Waals surface area contributed by atoms with E-state index in [4.69, 9.17) is 12.2 Å². The van der Waals surface area contributed by atoms with E-state index < -0.39 is 6.04 Å². The van der Waals surface area contributed by atoms with Crippen LogP contribution in [0.1, 0.15) is 18.1 Å². The van der Waals surface area contributed by atoms with Crippen molar-refractivity contribution in [2.45, 2.75) is 19.9 Å². The van der Waals surface area contributed by atoms with Gasteiger partial charge in [-0.15, -0.1) is 0 Å². The lowest BCUT2D eigenvalue weighted by molar-refractivity contribution is -0.129. The first-order valence-electron chi connectivity index (χ1n) is 8.30. The van der Waals surface area contributed by atoms with Gasteiger partial charge in [-0.25, -0.2) is 0 Å². The molecule has 7 heteroatoms. The van der Waals surface area contributed by atoms with E-state index in [0.717, 1.165) is 17.3 Å². The van der Waals surface area contributed by atoms with Crippen LogP contribution in [-0.2, 0) is 9.59 Å². The Labute approximate surface area is 167 Å². The Balaban J connectivity index is 1.79. The topological polar surface area (TPSA) is 69.6 Å². The van der Waals surface area contributed by atoms with Gasteiger partial charge in [-0.1, -0.05) is 60.4 Å². The van der Waals surface area contributed by atoms with Gasteiger partial charge in [0, 0.05) is 11.3 Å². The van der Waals surface area contributed by atoms with Crippen molar-refractivity contribution >= 4 is 51.9 Å². The number of nitrogens with zero attached hydrogens (tertiary/aromatic N) is 1. The first kappa shape index (κ1) is 19.1. The number of thiocarbonyl (C=S) groups is 1. The summed E-state index contributed by atoms with van der Waals surface area (Å²) >= 11 is 6.43. The summed E-state index contributed by atoms with van der Waals surface area (Å²) in [5.74, 6) is -0.585. The highest BCUT2D eigenvalue weighted by molar-refractivity contribution is 8.26. The van der Waals surface area contributed by atoms with Crippen LogP contribution in [0.3, 0.4) is 0 Å². The predicted molar refractivity (Wildman–Crippen MR) is 112 cm³/mol. The lowest BCUT2D eigenvalue weighted by Crippen LogP contribution is -2.44. The van der Waals surface area contributed by atoms with Gasteiger partial charge >= 0.3 is 0 Å². The van der Waals surface area contributed by atoms with E-state index in [9.17, 15) is 14.7 Å². The summed E-state index contributed by atoms with van der Waals surface area (Å²) in [6.45, 7) is 3.54. The molecule has 1 aliphatic heterocycles. The molecule has 5 nitrogen and oxygen atoms in total. The molecule has 1 aliphatic rings. The normalized spacial score (nSPS) is 16.7. The molecular formula is C20H18N2O3S2. The number of hydrogen-bond acceptors (Lipinski definition) is 5. The van der Waals surface area contributed by atoms with Gasteiger partial charge in [0.2, 0.25) is 5.91 Å². The van der Waals surface area contributed by atoms with Gasteiger partial charge in [-0.3, -0.25) is 14.5 Å². The van der Waals surface area contributed by atoms with Crippen molar-refractivity contribution < 1.29 is 14.7 Å². The van der Waals surface area contributed by atoms with Crippen LogP contribution in [0, 0.1) is 6.92 Å². The summed E-state index contributed by atoms with van der Waals surface area (Å²) in [7, 11) is 0. The molecule has 2 N–H and O–H groups in total. The Morgan fingerprint density at radius 1 is 1.22 bits per heavy atom. The summed E-state index contributed by atoms with van der Waals surface area (Å²) in [6, 6.07) is 13.4. The van der Waals surface area contributed by atoms with Crippen molar-refractivity contribution in [2.24, 2.45) is 0 Å². The molecule has 1 heterocycles. The summed E-state index contributed by atoms with van der Waals surface area (Å²) in [4.78, 5) is 27.1. The molecule has 138 valence electrons. The molecule has 2 aromatic carbocycles. The Hall–Kier alpha value is -2.64. The van der Waals surface area contributed by atoms with Crippen molar-refractivity contribution in [3.63, 3.8) is 0 Å². The minimum Gasteiger partial charge on any atom is -0.507 e. The van der Waals surface area contributed by atoms with Crippen LogP contribution in [0.15, 0.2) is 53.4 Å². The number of phenols is 1. The molecule has 1 atom stereocenters. The third-order valence-corrected chi connectivity index (χ3v) is 5.55. The maximum Gasteiger partial charge on any atom is 0.266 e. The molecule has 1 fully saturated rings. The molecule has 0 aromatic heterocycles. The summed E-state index contributed by atoms with van der Waals surface area (Å²) in [6.07, 6.45) is 1.58. The fourth-order valence-electron chi connectivity index (χ4n) is 2.63. The largest absolute Gasteiger partial charge is 0.507 e. The number of aromatic hydroxyl groups is 1. The monoisotopic (exact) mass is 398 g/mol. The number of hydrogen-bond donors (Lipinski definition) is 2. The molecule has 1 unspecified atom stereocenters. The van der Waals surface area contributed by atoms with Crippen LogP contribution in [-0.4, -0.2) is 32.2 Å². The summed E-state index contributed by atoms with van der Waals surface area (Å²) in [5, 5.41) is 12.7. The quantitative estimate of drug-likeness (QED) is 0.603. The number of nitrogens with one attached hydrogen (secondary N) is 1. The number of aryl methyl sites for hydroxylation is 1. The van der Waals surface area contributed by atoms with Crippen molar-refractivity contribution in [1.29, 1.82) is 0 Å². The third-order valence-electron chi connectivity index (χ3n) is 4.22. The highest BCUT2D eigenvalue weighted by atomic mass is 32.2. The van der Waals surface area contributed by atoms with Crippen molar-refractivity contribution in [1.82, 2.24) is 4.90 Å². The standard InChI is InChI=1S/C20H18N2O3S2/c1-12-7-3-5-9-15(12)21-18(24)13(2)22-19(25)17(27-20(22)26)11-14-8-4-6-10-16(14)23/h3-11,13,23H,1-2H3,(H,21,24)/b17-11-. The van der Waals surface area contributed by atoms with Gasteiger partial charge in [0.05, 0.1) is 4.91 Å². The number of phenolic OH excluding ortho intramolecular Hbond substituents is 1. The summed E-state index contributed by atoms with van der Waals surface area (Å²) < 4.78 is 0.314. The number of anilines is 1. The fourth-order valence-corrected chi connectivity index (χ4v) is 4.04. The second-order valence-corrected chi connectivity index (χ2v) is 7.77. The number of amides is 2. The van der Waals surface area contributed by atoms with E-state index in [-0.39, 0.29) is 17.6 Å². The van der Waals surface area contributed by atoms with Crippen molar-refractivity contribution in [3.8, 4) is 5.75 Å². The Kier molecular flexibility index (Phi) is 5.62. The van der Waals surface area contributed by atoms with E-state index in [1.165, 1.54) is 4.90 Å². The molecule has 2 amide bonds. The number of carbonyl (C=O) groups excluding carboxylic acids is 2. The molecular weight excluding hydrogens is 380 g/mol. The zero-order valence-corrected chi connectivity index (χ0v) is 16.4. The fraction of sp³-hybridized carbons (Fsp3) is 0.150. The van der Waals surface area contributed by atoms with Gasteiger partial charge in [-0.05, 0) is 37.6 Å². The van der Waals surface area contributed by atoms with E-state index >= 15 is 0 Å². The molecule has 3 rings (SSSR count). The second-order valence-electron chi connectivity index (χ2n) is 6.09. The molecule has 27 heavy (non-hydrogen) atoms. The number of carbonyl (C=O) groups is 2. The summed E-state index contributed by atoms with van der Waals surface area (Å²) in [5.41, 5.74) is 2.16. The minimum atomic E-state index is -0.757. The zero-order chi connectivity index (χ0) is 19.6. The predicted octanol–water partition coefficient (Wildman–Crippen LogP) is 3.93. The first-order chi connectivity index (χ1) is 12.9. The van der Waals surface area contributed by atoms with E-state index in [2.05, 4.69) is 5.32 Å². The molecule has 0 bridgehead atoms. The smallest absolute Gasteiger partial charge is 0.266 e. The molecule has 0 aliphatic carbocycles. The number of para-hydroxylation sites is 2. The minimum absolute atomic E-state index is 0.0770. The van der Waals surface area contributed by atoms with Crippen molar-refractivity contribution in [3.05, 3.63) is 64.6 Å². The van der Waals surface area contributed by atoms with E-state index in [0.29, 0.717) is 20.5 Å². The van der Waals surface area contributed by atoms with Crippen LogP contribution in [0.25, 0.3) is 6.08 Å². The van der Waals surface area contributed by atoms with E-state index in [1.807, 2.05) is 31.2 Å². The average Bonchev–Trinajstić information content (AvgIpc) is 2.91. The van der Waals surface area contributed by atoms with Gasteiger partial charge in [0.15, 0.2) is 0 Å². The average molecular weight is 399 g/mol. The van der Waals surface area contributed by atoms with Crippen LogP contribution in [0.2, 0.25) is 0 Å². The van der Waals surface area contributed by atoms with Crippen LogP contribution in [0.4, 0.5) is 5.69 Å². The molecule has 0 saturated carbocycles. The van der Waals surface area contributed by atoms with Crippen molar-refractivity contribution in [2.75, 3.05) is 5.32 Å². The molecule has 0 radical (unpaired) electrons. The maximum atomic E-state index is 12.8. The lowest BCUT2D eigenvalue weighted by atomic mass is 10.1. The second kappa shape index (κ2) is 7.94. The van der Waals surface area contributed by atoms with E-state index in [1.54, 1.807) is 37.3 Å². The highest BCUT2D eigenvalue weighted by Gasteiger charge is 2.38. The number of thioether (sulfide) groups is 1. The Morgan fingerprint density at radius 2 is 1.89 bits per heavy atom. The molecule has 1 saturated heterocycles. The molecule has 0 spiro atoms. The van der Waals surface area contributed by atoms with Gasteiger partial charge in [0.1, 0.15) is 16.1 Å². The van der Waals surface area contributed by atoms with Crippen LogP contribution < -0.4 is 5.32 Å². The van der Waals surface area contributed by atoms with Crippen LogP contribution >= 0.6 is 24.0 Å². The van der Waals surface area contributed by atoms with Gasteiger partial charge in [-0.2, -0.15) is 0 Å². The van der Waals surface area contributed by atoms with Gasteiger partial charge < -0.3 is 10.4 Å². The Morgan fingerprint density at radius 3 is 2.59 bits per heavy atom. The Bertz CT molecular complexity index is 956. The van der Waals surface area contributed by atoms with Crippen LogP contribution in [0.5, 0.6) is 5.75 Å². The number of benzene rings is 2. The SMILES string of the molecule is Cc1ccccc1NC(=O)C(C)N1C(=O)/C(=C/c2ccccc2O)SC1=S.